The molecule has 0 spiro atoms. The molecule has 0 aliphatic carbocycles. The number of hydrogen-bond donors (Lipinski definition) is 2. The van der Waals surface area contributed by atoms with E-state index in [4.69, 9.17) is 8.83 Å². The lowest BCUT2D eigenvalue weighted by molar-refractivity contribution is 0.547. The second-order valence-corrected chi connectivity index (χ2v) is 8.67. The molecule has 0 aliphatic heterocycles. The van der Waals surface area contributed by atoms with Crippen molar-refractivity contribution in [2.75, 3.05) is 24.7 Å². The van der Waals surface area contributed by atoms with E-state index in [1.807, 2.05) is 121 Å². The number of hydrogen-bond acceptors (Lipinski definition) is 6. The summed E-state index contributed by atoms with van der Waals surface area (Å²) in [7, 11) is 3.79. The van der Waals surface area contributed by atoms with Gasteiger partial charge in [-0.1, -0.05) is 18.2 Å². The van der Waals surface area contributed by atoms with Crippen molar-refractivity contribution in [3.05, 3.63) is 97.3 Å². The maximum absolute atomic E-state index is 5.85. The zero-order valence-corrected chi connectivity index (χ0v) is 20.8. The molecule has 0 saturated carbocycles. The molecule has 7 aromatic rings. The van der Waals surface area contributed by atoms with Gasteiger partial charge in [-0.15, -0.1) is 0 Å². The van der Waals surface area contributed by atoms with Gasteiger partial charge in [0.25, 0.3) is 0 Å². The molecule has 0 radical (unpaired) electrons. The average molecular weight is 491 g/mol. The zero-order valence-electron chi connectivity index (χ0n) is 20.8. The predicted octanol–water partition coefficient (Wildman–Crippen LogP) is 6.73. The Labute approximate surface area is 213 Å². The first-order chi connectivity index (χ1) is 18.1. The molecule has 0 atom stereocenters. The van der Waals surface area contributed by atoms with E-state index in [1.54, 1.807) is 0 Å². The average Bonchev–Trinajstić information content (AvgIpc) is 3.72. The molecule has 6 heterocycles. The number of rotatable bonds is 4. The zero-order chi connectivity index (χ0) is 25.4. The van der Waals surface area contributed by atoms with Crippen molar-refractivity contribution in [3.8, 4) is 22.9 Å². The number of aryl methyl sites for hydroxylation is 1. The second kappa shape index (κ2) is 9.23. The minimum atomic E-state index is 0.793. The van der Waals surface area contributed by atoms with Crippen LogP contribution >= 0.6 is 0 Å². The summed E-state index contributed by atoms with van der Waals surface area (Å²) in [4.78, 5) is 9.15. The number of imidazole rings is 2. The third-order valence-electron chi connectivity index (χ3n) is 6.17. The monoisotopic (exact) mass is 490 g/mol. The molecule has 0 aliphatic rings. The molecule has 0 saturated heterocycles. The fraction of sp³-hybridized carbons (Fsp3) is 0.103. The number of furan rings is 2. The van der Waals surface area contributed by atoms with Crippen LogP contribution in [0.4, 0.5) is 11.4 Å². The number of benzene rings is 1. The van der Waals surface area contributed by atoms with Gasteiger partial charge in [0.1, 0.15) is 34.0 Å². The summed E-state index contributed by atoms with van der Waals surface area (Å²) in [5, 5.41) is 7.30. The van der Waals surface area contributed by atoms with Crippen molar-refractivity contribution < 1.29 is 8.83 Å². The smallest absolute Gasteiger partial charge is 0.155 e. The summed E-state index contributed by atoms with van der Waals surface area (Å²) in [5.74, 6) is 2.49. The fourth-order valence-corrected chi connectivity index (χ4v) is 4.19. The molecule has 6 aromatic heterocycles. The Morgan fingerprint density at radius 1 is 0.676 bits per heavy atom. The molecular weight excluding hydrogens is 464 g/mol. The molecule has 8 nitrogen and oxygen atoms in total. The number of para-hydroxylation sites is 1. The van der Waals surface area contributed by atoms with E-state index < -0.39 is 0 Å². The molecule has 0 unspecified atom stereocenters. The van der Waals surface area contributed by atoms with Gasteiger partial charge in [0.15, 0.2) is 11.5 Å². The van der Waals surface area contributed by atoms with Crippen LogP contribution in [0, 0.1) is 6.92 Å². The minimum Gasteiger partial charge on any atom is -0.460 e. The maximum atomic E-state index is 5.85. The van der Waals surface area contributed by atoms with Gasteiger partial charge in [-0.3, -0.25) is 0 Å². The van der Waals surface area contributed by atoms with Crippen LogP contribution in [0.3, 0.4) is 0 Å². The fourth-order valence-electron chi connectivity index (χ4n) is 4.19. The molecule has 37 heavy (non-hydrogen) atoms. The van der Waals surface area contributed by atoms with Crippen LogP contribution in [0.5, 0.6) is 0 Å². The van der Waals surface area contributed by atoms with E-state index in [0.717, 1.165) is 62.3 Å². The molecule has 7 rings (SSSR count). The van der Waals surface area contributed by atoms with E-state index in [-0.39, 0.29) is 0 Å². The Hall–Kier alpha value is -4.98. The normalized spacial score (nSPS) is 11.1. The lowest BCUT2D eigenvalue weighted by Gasteiger charge is -1.98. The quantitative estimate of drug-likeness (QED) is 0.284. The van der Waals surface area contributed by atoms with Gasteiger partial charge < -0.3 is 28.3 Å². The second-order valence-electron chi connectivity index (χ2n) is 8.67. The van der Waals surface area contributed by atoms with Crippen molar-refractivity contribution in [1.29, 1.82) is 0 Å². The van der Waals surface area contributed by atoms with E-state index in [9.17, 15) is 0 Å². The number of fused-ring (bicyclic) bond motifs is 3. The van der Waals surface area contributed by atoms with Gasteiger partial charge in [-0.25, -0.2) is 9.97 Å². The van der Waals surface area contributed by atoms with Crippen LogP contribution in [-0.4, -0.2) is 32.9 Å². The molecule has 0 bridgehead atoms. The predicted molar refractivity (Wildman–Crippen MR) is 147 cm³/mol. The lowest BCUT2D eigenvalue weighted by atomic mass is 10.2. The van der Waals surface area contributed by atoms with E-state index in [1.165, 1.54) is 0 Å². The number of anilines is 2. The van der Waals surface area contributed by atoms with Crippen molar-refractivity contribution in [3.63, 3.8) is 0 Å². The standard InChI is InChI=1S/C16H13N3O.C13H13N3O/c1-17-12-6-7-19-10-13(18-16(19)9-12)15-8-11-4-2-3-5-14(11)20-15;1-9-3-4-12(17-9)11-8-16-6-5-10(14-2)7-13(16)15-11/h2-10,17H,1H3;3-8,14H,1-2H3. The lowest BCUT2D eigenvalue weighted by Crippen LogP contribution is -1.89. The van der Waals surface area contributed by atoms with Crippen LogP contribution in [-0.2, 0) is 0 Å². The van der Waals surface area contributed by atoms with Crippen molar-refractivity contribution in [2.24, 2.45) is 0 Å². The van der Waals surface area contributed by atoms with Crippen LogP contribution in [0.1, 0.15) is 5.76 Å². The maximum Gasteiger partial charge on any atom is 0.155 e. The van der Waals surface area contributed by atoms with Crippen LogP contribution in [0.2, 0.25) is 0 Å². The van der Waals surface area contributed by atoms with Crippen molar-refractivity contribution in [1.82, 2.24) is 18.8 Å². The van der Waals surface area contributed by atoms with Crippen LogP contribution in [0.15, 0.2) is 100 Å². The van der Waals surface area contributed by atoms with Crippen molar-refractivity contribution in [2.45, 2.75) is 6.92 Å². The Morgan fingerprint density at radius 2 is 1.30 bits per heavy atom. The third-order valence-corrected chi connectivity index (χ3v) is 6.17. The molecular formula is C29H26N6O2. The highest BCUT2D eigenvalue weighted by atomic mass is 16.3. The summed E-state index contributed by atoms with van der Waals surface area (Å²) in [6, 6.07) is 21.9. The van der Waals surface area contributed by atoms with Gasteiger partial charge in [-0.2, -0.15) is 0 Å². The highest BCUT2D eigenvalue weighted by Gasteiger charge is 2.10. The highest BCUT2D eigenvalue weighted by Crippen LogP contribution is 2.28. The summed E-state index contributed by atoms with van der Waals surface area (Å²) >= 11 is 0. The largest absolute Gasteiger partial charge is 0.460 e. The summed E-state index contributed by atoms with van der Waals surface area (Å²) in [6.07, 6.45) is 7.91. The van der Waals surface area contributed by atoms with Gasteiger partial charge in [0.2, 0.25) is 0 Å². The Kier molecular flexibility index (Phi) is 5.61. The van der Waals surface area contributed by atoms with Crippen LogP contribution in [0.25, 0.3) is 45.2 Å². The Bertz CT molecular complexity index is 1800. The van der Waals surface area contributed by atoms with E-state index in [0.29, 0.717) is 0 Å². The summed E-state index contributed by atoms with van der Waals surface area (Å²) in [6.45, 7) is 1.93. The molecule has 0 amide bonds. The van der Waals surface area contributed by atoms with Gasteiger partial charge in [0, 0.05) is 67.8 Å². The third kappa shape index (κ3) is 4.40. The molecule has 2 N–H and O–H groups in total. The molecule has 184 valence electrons. The topological polar surface area (TPSA) is 84.9 Å². The Balaban J connectivity index is 0.000000138. The molecule has 8 heteroatoms. The van der Waals surface area contributed by atoms with Crippen molar-refractivity contribution >= 4 is 33.6 Å². The van der Waals surface area contributed by atoms with Crippen LogP contribution < -0.4 is 10.6 Å². The van der Waals surface area contributed by atoms with E-state index >= 15 is 0 Å². The van der Waals surface area contributed by atoms with E-state index in [2.05, 4.69) is 20.6 Å². The van der Waals surface area contributed by atoms with Gasteiger partial charge >= 0.3 is 0 Å². The first kappa shape index (κ1) is 22.5. The first-order valence-corrected chi connectivity index (χ1v) is 12.0. The minimum absolute atomic E-state index is 0.793. The Morgan fingerprint density at radius 3 is 1.86 bits per heavy atom. The highest BCUT2D eigenvalue weighted by molar-refractivity contribution is 5.82. The van der Waals surface area contributed by atoms with Gasteiger partial charge in [-0.05, 0) is 43.3 Å². The summed E-state index contributed by atoms with van der Waals surface area (Å²) < 4.78 is 15.4. The summed E-state index contributed by atoms with van der Waals surface area (Å²) in [5.41, 5.74) is 6.47. The van der Waals surface area contributed by atoms with Gasteiger partial charge in [0.05, 0.1) is 0 Å². The number of nitrogens with zero attached hydrogens (tertiary/aromatic N) is 4. The SMILES string of the molecule is CNc1ccn2cc(-c3cc4ccccc4o3)nc2c1.CNc1ccn2cc(-c3ccc(C)o3)nc2c1. The number of nitrogens with one attached hydrogen (secondary N) is 2. The number of pyridine rings is 2. The number of aromatic nitrogens is 4. The molecule has 0 fully saturated rings. The molecule has 1 aromatic carbocycles. The first-order valence-electron chi connectivity index (χ1n) is 12.0.